The van der Waals surface area contributed by atoms with Crippen LogP contribution in [0.5, 0.6) is 11.5 Å². The summed E-state index contributed by atoms with van der Waals surface area (Å²) in [7, 11) is 1.39. The van der Waals surface area contributed by atoms with Gasteiger partial charge in [0.1, 0.15) is 17.0 Å². The maximum absolute atomic E-state index is 13.0. The van der Waals surface area contributed by atoms with E-state index >= 15 is 0 Å². The van der Waals surface area contributed by atoms with Gasteiger partial charge in [-0.25, -0.2) is 4.79 Å². The average Bonchev–Trinajstić information content (AvgIpc) is 3.09. The van der Waals surface area contributed by atoms with E-state index in [4.69, 9.17) is 25.6 Å². The molecular formula is C20H14BrClN2O6. The highest BCUT2D eigenvalue weighted by Crippen LogP contribution is 2.39. The molecule has 0 aliphatic rings. The highest BCUT2D eigenvalue weighted by molar-refractivity contribution is 9.10. The van der Waals surface area contributed by atoms with Crippen molar-refractivity contribution < 1.29 is 23.7 Å². The lowest BCUT2D eigenvalue weighted by atomic mass is 10.1. The van der Waals surface area contributed by atoms with E-state index in [2.05, 4.69) is 21.1 Å². The predicted molar refractivity (Wildman–Crippen MR) is 113 cm³/mol. The molecule has 0 bridgehead atoms. The third-order valence-electron chi connectivity index (χ3n) is 4.03. The minimum absolute atomic E-state index is 0.103. The summed E-state index contributed by atoms with van der Waals surface area (Å²) in [6, 6.07) is 9.96. The second-order valence-corrected chi connectivity index (χ2v) is 7.23. The van der Waals surface area contributed by atoms with Crippen LogP contribution in [0.2, 0.25) is 5.02 Å². The SMILES string of the molecule is COc1cc(/C=C/[N+](=O)[O-])cc(Br)c1OC(=O)c1c(-c2ccccc2Cl)noc1C. The number of hydrogen-bond acceptors (Lipinski definition) is 7. The molecule has 1 aromatic heterocycles. The van der Waals surface area contributed by atoms with Crippen molar-refractivity contribution in [2.75, 3.05) is 7.11 Å². The van der Waals surface area contributed by atoms with Crippen molar-refractivity contribution in [2.45, 2.75) is 6.92 Å². The van der Waals surface area contributed by atoms with Crippen molar-refractivity contribution >= 4 is 39.6 Å². The molecule has 0 fully saturated rings. The van der Waals surface area contributed by atoms with Gasteiger partial charge in [0.15, 0.2) is 11.5 Å². The van der Waals surface area contributed by atoms with Crippen LogP contribution < -0.4 is 9.47 Å². The van der Waals surface area contributed by atoms with Crippen LogP contribution in [0.3, 0.4) is 0 Å². The Morgan fingerprint density at radius 2 is 2.07 bits per heavy atom. The first-order chi connectivity index (χ1) is 14.3. The number of benzene rings is 2. The zero-order valence-electron chi connectivity index (χ0n) is 15.7. The molecule has 154 valence electrons. The van der Waals surface area contributed by atoms with Gasteiger partial charge in [-0.1, -0.05) is 35.0 Å². The molecule has 0 atom stereocenters. The monoisotopic (exact) mass is 492 g/mol. The molecule has 0 N–H and O–H groups in total. The number of nitrogens with zero attached hydrogens (tertiary/aromatic N) is 2. The normalized spacial score (nSPS) is 10.9. The Labute approximate surface area is 184 Å². The van der Waals surface area contributed by atoms with E-state index in [0.717, 1.165) is 6.20 Å². The van der Waals surface area contributed by atoms with Gasteiger partial charge in [0.2, 0.25) is 6.20 Å². The van der Waals surface area contributed by atoms with Gasteiger partial charge in [-0.05, 0) is 46.6 Å². The minimum atomic E-state index is -0.726. The van der Waals surface area contributed by atoms with Crippen LogP contribution in [-0.4, -0.2) is 23.2 Å². The van der Waals surface area contributed by atoms with Crippen LogP contribution >= 0.6 is 27.5 Å². The molecule has 0 spiro atoms. The molecule has 0 saturated carbocycles. The molecule has 8 nitrogen and oxygen atoms in total. The number of hydrogen-bond donors (Lipinski definition) is 0. The van der Waals surface area contributed by atoms with E-state index in [-0.39, 0.29) is 28.5 Å². The zero-order valence-corrected chi connectivity index (χ0v) is 18.1. The van der Waals surface area contributed by atoms with Crippen LogP contribution in [-0.2, 0) is 0 Å². The van der Waals surface area contributed by atoms with Gasteiger partial charge in [0.25, 0.3) is 0 Å². The lowest BCUT2D eigenvalue weighted by Gasteiger charge is -2.12. The van der Waals surface area contributed by atoms with Crippen LogP contribution in [0.15, 0.2) is 51.6 Å². The van der Waals surface area contributed by atoms with Gasteiger partial charge in [0, 0.05) is 11.6 Å². The summed E-state index contributed by atoms with van der Waals surface area (Å²) in [4.78, 5) is 22.9. The number of aromatic nitrogens is 1. The Morgan fingerprint density at radius 1 is 1.33 bits per heavy atom. The smallest absolute Gasteiger partial charge is 0.349 e. The number of nitro groups is 1. The van der Waals surface area contributed by atoms with E-state index in [0.29, 0.717) is 20.6 Å². The second-order valence-electron chi connectivity index (χ2n) is 5.97. The fourth-order valence-electron chi connectivity index (χ4n) is 2.68. The van der Waals surface area contributed by atoms with Gasteiger partial charge in [0.05, 0.1) is 21.5 Å². The summed E-state index contributed by atoms with van der Waals surface area (Å²) in [5.74, 6) is -0.160. The van der Waals surface area contributed by atoms with Gasteiger partial charge in [-0.2, -0.15) is 0 Å². The standard InChI is InChI=1S/C20H14BrClN2O6/c1-11-17(18(23-30-11)13-5-3-4-6-15(13)22)20(25)29-19-14(21)9-12(7-8-24(26)27)10-16(19)28-2/h3-10H,1-2H3/b8-7+. The fourth-order valence-corrected chi connectivity index (χ4v) is 3.44. The molecule has 0 aliphatic carbocycles. The lowest BCUT2D eigenvalue weighted by molar-refractivity contribution is -0.400. The molecule has 1 heterocycles. The summed E-state index contributed by atoms with van der Waals surface area (Å²) in [5.41, 5.74) is 1.38. The maximum Gasteiger partial charge on any atom is 0.349 e. The van der Waals surface area contributed by atoms with E-state index in [9.17, 15) is 14.9 Å². The van der Waals surface area contributed by atoms with E-state index in [1.807, 2.05) is 0 Å². The van der Waals surface area contributed by atoms with Crippen LogP contribution in [0.25, 0.3) is 17.3 Å². The second kappa shape index (κ2) is 9.10. The van der Waals surface area contributed by atoms with Gasteiger partial charge < -0.3 is 14.0 Å². The third-order valence-corrected chi connectivity index (χ3v) is 4.95. The third kappa shape index (κ3) is 4.52. The van der Waals surface area contributed by atoms with Crippen LogP contribution in [0.4, 0.5) is 0 Å². The van der Waals surface area contributed by atoms with Gasteiger partial charge in [-0.3, -0.25) is 10.1 Å². The first-order valence-electron chi connectivity index (χ1n) is 8.44. The zero-order chi connectivity index (χ0) is 21.8. The van der Waals surface area contributed by atoms with Crippen LogP contribution in [0.1, 0.15) is 21.7 Å². The van der Waals surface area contributed by atoms with Crippen molar-refractivity contribution in [2.24, 2.45) is 0 Å². The Kier molecular flexibility index (Phi) is 6.53. The molecule has 3 aromatic rings. The number of esters is 1. The predicted octanol–water partition coefficient (Wildman–Crippen LogP) is 5.54. The Balaban J connectivity index is 1.99. The van der Waals surface area contributed by atoms with Crippen LogP contribution in [0, 0.1) is 17.0 Å². The van der Waals surface area contributed by atoms with Crippen molar-refractivity contribution in [3.05, 3.63) is 79.1 Å². The highest BCUT2D eigenvalue weighted by atomic mass is 79.9. The van der Waals surface area contributed by atoms with E-state index < -0.39 is 10.9 Å². The Morgan fingerprint density at radius 3 is 2.73 bits per heavy atom. The maximum atomic E-state index is 13.0. The summed E-state index contributed by atoms with van der Waals surface area (Å²) < 4.78 is 16.4. The quantitative estimate of drug-likeness (QED) is 0.192. The molecule has 0 radical (unpaired) electrons. The number of rotatable bonds is 6. The fraction of sp³-hybridized carbons (Fsp3) is 0.100. The number of carbonyl (C=O) groups is 1. The molecule has 2 aromatic carbocycles. The molecule has 10 heteroatoms. The van der Waals surface area contributed by atoms with Crippen molar-refractivity contribution in [3.63, 3.8) is 0 Å². The topological polar surface area (TPSA) is 105 Å². The largest absolute Gasteiger partial charge is 0.493 e. The lowest BCUT2D eigenvalue weighted by Crippen LogP contribution is -2.11. The Hall–Kier alpha value is -3.17. The summed E-state index contributed by atoms with van der Waals surface area (Å²) >= 11 is 9.54. The molecule has 3 rings (SSSR count). The molecule has 0 unspecified atom stereocenters. The number of halogens is 2. The Bertz CT molecular complexity index is 1160. The van der Waals surface area contributed by atoms with Gasteiger partial charge >= 0.3 is 5.97 Å². The number of carbonyl (C=O) groups excluding carboxylic acids is 1. The molecule has 0 aliphatic heterocycles. The molecule has 30 heavy (non-hydrogen) atoms. The highest BCUT2D eigenvalue weighted by Gasteiger charge is 2.26. The van der Waals surface area contributed by atoms with Crippen molar-refractivity contribution in [1.82, 2.24) is 5.16 Å². The first kappa shape index (κ1) is 21.5. The first-order valence-corrected chi connectivity index (χ1v) is 9.61. The summed E-state index contributed by atoms with van der Waals surface area (Å²) in [6.45, 7) is 1.59. The molecule has 0 saturated heterocycles. The van der Waals surface area contributed by atoms with E-state index in [1.54, 1.807) is 37.3 Å². The van der Waals surface area contributed by atoms with Gasteiger partial charge in [-0.15, -0.1) is 0 Å². The number of methoxy groups -OCH3 is 1. The van der Waals surface area contributed by atoms with E-state index in [1.165, 1.54) is 19.3 Å². The van der Waals surface area contributed by atoms with Crippen molar-refractivity contribution in [3.8, 4) is 22.8 Å². The molecule has 0 amide bonds. The summed E-state index contributed by atoms with van der Waals surface area (Å²) in [5, 5.41) is 14.9. The summed E-state index contributed by atoms with van der Waals surface area (Å²) in [6.07, 6.45) is 2.09. The van der Waals surface area contributed by atoms with Crippen molar-refractivity contribution in [1.29, 1.82) is 0 Å². The number of ether oxygens (including phenoxy) is 2. The minimum Gasteiger partial charge on any atom is -0.493 e. The number of aryl methyl sites for hydroxylation is 1. The average molecular weight is 494 g/mol. The molecular weight excluding hydrogens is 480 g/mol.